The summed E-state index contributed by atoms with van der Waals surface area (Å²) in [6, 6.07) is 10.4. The summed E-state index contributed by atoms with van der Waals surface area (Å²) >= 11 is 0. The highest BCUT2D eigenvalue weighted by molar-refractivity contribution is 6.12. The van der Waals surface area contributed by atoms with E-state index in [4.69, 9.17) is 0 Å². The Labute approximate surface area is 131 Å². The quantitative estimate of drug-likeness (QED) is 0.784. The van der Waals surface area contributed by atoms with Gasteiger partial charge in [-0.2, -0.15) is 0 Å². The van der Waals surface area contributed by atoms with E-state index >= 15 is 0 Å². The summed E-state index contributed by atoms with van der Waals surface area (Å²) in [6.45, 7) is 4.04. The van der Waals surface area contributed by atoms with E-state index in [9.17, 15) is 15.0 Å². The average molecular weight is 298 g/mol. The molecule has 0 spiro atoms. The fourth-order valence-electron chi connectivity index (χ4n) is 2.64. The molecule has 0 atom stereocenters. The highest BCUT2D eigenvalue weighted by atomic mass is 16.3. The van der Waals surface area contributed by atoms with Crippen molar-refractivity contribution in [1.29, 1.82) is 0 Å². The van der Waals surface area contributed by atoms with E-state index in [1.54, 1.807) is 24.3 Å². The highest BCUT2D eigenvalue weighted by Crippen LogP contribution is 2.30. The van der Waals surface area contributed by atoms with Gasteiger partial charge in [0, 0.05) is 0 Å². The molecular weight excluding hydrogens is 276 g/mol. The number of ketones is 1. The van der Waals surface area contributed by atoms with Crippen molar-refractivity contribution in [2.75, 3.05) is 0 Å². The Morgan fingerprint density at radius 2 is 1.23 bits per heavy atom. The Balaban J connectivity index is 2.45. The number of carbonyl (C=O) groups excluding carboxylic acids is 1. The van der Waals surface area contributed by atoms with Gasteiger partial charge in [-0.3, -0.25) is 4.79 Å². The maximum absolute atomic E-state index is 12.7. The number of para-hydroxylation sites is 2. The van der Waals surface area contributed by atoms with E-state index in [1.165, 1.54) is 0 Å². The fraction of sp³-hybridized carbons (Fsp3) is 0.316. The predicted octanol–water partition coefficient (Wildman–Crippen LogP) is 4.23. The molecule has 116 valence electrons. The molecule has 2 aromatic rings. The molecule has 2 aromatic carbocycles. The molecule has 0 amide bonds. The van der Waals surface area contributed by atoms with Crippen LogP contribution in [0.4, 0.5) is 0 Å². The first kappa shape index (κ1) is 16.1. The zero-order valence-corrected chi connectivity index (χ0v) is 13.1. The van der Waals surface area contributed by atoms with Gasteiger partial charge < -0.3 is 10.2 Å². The molecule has 2 rings (SSSR count). The lowest BCUT2D eigenvalue weighted by Gasteiger charge is -2.11. The van der Waals surface area contributed by atoms with E-state index in [0.29, 0.717) is 0 Å². The summed E-state index contributed by atoms with van der Waals surface area (Å²) in [6.07, 6.45) is 3.22. The minimum absolute atomic E-state index is 0.0228. The van der Waals surface area contributed by atoms with Gasteiger partial charge in [0.2, 0.25) is 0 Å². The van der Waals surface area contributed by atoms with Crippen molar-refractivity contribution in [1.82, 2.24) is 0 Å². The molecule has 2 N–H and O–H groups in total. The third-order valence-electron chi connectivity index (χ3n) is 3.77. The summed E-state index contributed by atoms with van der Waals surface area (Å²) < 4.78 is 0. The maximum Gasteiger partial charge on any atom is 0.200 e. The lowest BCUT2D eigenvalue weighted by molar-refractivity contribution is 0.103. The van der Waals surface area contributed by atoms with Crippen LogP contribution < -0.4 is 0 Å². The number of phenols is 2. The average Bonchev–Trinajstić information content (AvgIpc) is 2.51. The maximum atomic E-state index is 12.7. The molecule has 0 saturated carbocycles. The van der Waals surface area contributed by atoms with E-state index in [1.807, 2.05) is 26.0 Å². The second-order valence-corrected chi connectivity index (χ2v) is 5.46. The van der Waals surface area contributed by atoms with Gasteiger partial charge in [0.15, 0.2) is 5.78 Å². The Bertz CT molecular complexity index is 617. The highest BCUT2D eigenvalue weighted by Gasteiger charge is 2.19. The molecule has 0 aromatic heterocycles. The van der Waals surface area contributed by atoms with Gasteiger partial charge in [-0.1, -0.05) is 51.0 Å². The van der Waals surface area contributed by atoms with Crippen molar-refractivity contribution in [3.05, 3.63) is 58.7 Å². The number of hydrogen-bond donors (Lipinski definition) is 2. The second kappa shape index (κ2) is 7.12. The summed E-state index contributed by atoms with van der Waals surface area (Å²) in [5, 5.41) is 20.6. The zero-order chi connectivity index (χ0) is 16.1. The van der Waals surface area contributed by atoms with E-state index in [-0.39, 0.29) is 28.4 Å². The van der Waals surface area contributed by atoms with Crippen LogP contribution in [0.25, 0.3) is 0 Å². The van der Waals surface area contributed by atoms with E-state index in [0.717, 1.165) is 36.8 Å². The van der Waals surface area contributed by atoms with Crippen molar-refractivity contribution in [2.45, 2.75) is 39.5 Å². The number of rotatable bonds is 6. The Hall–Kier alpha value is -2.29. The molecular formula is C19H22O3. The lowest BCUT2D eigenvalue weighted by Crippen LogP contribution is -2.04. The normalized spacial score (nSPS) is 10.6. The van der Waals surface area contributed by atoms with Crippen molar-refractivity contribution in [3.63, 3.8) is 0 Å². The van der Waals surface area contributed by atoms with Crippen LogP contribution >= 0.6 is 0 Å². The number of benzene rings is 2. The van der Waals surface area contributed by atoms with Crippen LogP contribution in [0, 0.1) is 0 Å². The molecule has 0 unspecified atom stereocenters. The second-order valence-electron chi connectivity index (χ2n) is 5.46. The molecule has 0 radical (unpaired) electrons. The fourth-order valence-corrected chi connectivity index (χ4v) is 2.64. The standard InChI is InChI=1S/C19H22O3/c1-3-7-13-9-5-11-15(17(13)20)19(22)16-12-6-10-14(8-4-2)18(16)21/h5-6,9-12,20-21H,3-4,7-8H2,1-2H3. The SMILES string of the molecule is CCCc1cccc(C(=O)c2cccc(CCC)c2O)c1O. The van der Waals surface area contributed by atoms with Gasteiger partial charge in [-0.15, -0.1) is 0 Å². The summed E-state index contributed by atoms with van der Waals surface area (Å²) in [4.78, 5) is 12.7. The number of phenolic OH excluding ortho intramolecular Hbond substituents is 2. The zero-order valence-electron chi connectivity index (χ0n) is 13.1. The van der Waals surface area contributed by atoms with Gasteiger partial charge in [-0.25, -0.2) is 0 Å². The third kappa shape index (κ3) is 3.14. The first-order valence-corrected chi connectivity index (χ1v) is 7.76. The molecule has 3 heteroatoms. The third-order valence-corrected chi connectivity index (χ3v) is 3.77. The smallest absolute Gasteiger partial charge is 0.200 e. The topological polar surface area (TPSA) is 57.5 Å². The predicted molar refractivity (Wildman–Crippen MR) is 87.6 cm³/mol. The molecule has 0 aliphatic carbocycles. The number of carbonyl (C=O) groups is 1. The van der Waals surface area contributed by atoms with Gasteiger partial charge in [0.05, 0.1) is 11.1 Å². The van der Waals surface area contributed by atoms with Gasteiger partial charge in [0.1, 0.15) is 11.5 Å². The molecule has 0 aliphatic rings. The molecule has 0 fully saturated rings. The molecule has 0 bridgehead atoms. The monoisotopic (exact) mass is 298 g/mol. The van der Waals surface area contributed by atoms with Crippen LogP contribution in [-0.4, -0.2) is 16.0 Å². The summed E-state index contributed by atoms with van der Waals surface area (Å²) in [7, 11) is 0. The molecule has 0 aliphatic heterocycles. The first-order valence-electron chi connectivity index (χ1n) is 7.76. The minimum atomic E-state index is -0.342. The van der Waals surface area contributed by atoms with Crippen LogP contribution in [0.5, 0.6) is 11.5 Å². The Morgan fingerprint density at radius 1 is 0.818 bits per heavy atom. The molecule has 22 heavy (non-hydrogen) atoms. The van der Waals surface area contributed by atoms with Crippen molar-refractivity contribution >= 4 is 5.78 Å². The first-order chi connectivity index (χ1) is 10.6. The van der Waals surface area contributed by atoms with Crippen molar-refractivity contribution in [2.24, 2.45) is 0 Å². The van der Waals surface area contributed by atoms with Gasteiger partial charge >= 0.3 is 0 Å². The van der Waals surface area contributed by atoms with E-state index < -0.39 is 0 Å². The number of aryl methyl sites for hydroxylation is 2. The molecule has 0 heterocycles. The largest absolute Gasteiger partial charge is 0.507 e. The Kier molecular flexibility index (Phi) is 5.21. The number of hydrogen-bond acceptors (Lipinski definition) is 3. The molecule has 3 nitrogen and oxygen atoms in total. The summed E-state index contributed by atoms with van der Waals surface area (Å²) in [5.41, 5.74) is 2.01. The van der Waals surface area contributed by atoms with Crippen molar-refractivity contribution in [3.8, 4) is 11.5 Å². The number of aromatic hydroxyl groups is 2. The lowest BCUT2D eigenvalue weighted by atomic mass is 9.95. The van der Waals surface area contributed by atoms with Crippen LogP contribution in [0.2, 0.25) is 0 Å². The van der Waals surface area contributed by atoms with Gasteiger partial charge in [-0.05, 0) is 36.1 Å². The van der Waals surface area contributed by atoms with E-state index in [2.05, 4.69) is 0 Å². The van der Waals surface area contributed by atoms with Gasteiger partial charge in [0.25, 0.3) is 0 Å². The Morgan fingerprint density at radius 3 is 1.59 bits per heavy atom. The molecule has 0 saturated heterocycles. The van der Waals surface area contributed by atoms with Crippen molar-refractivity contribution < 1.29 is 15.0 Å². The minimum Gasteiger partial charge on any atom is -0.507 e. The van der Waals surface area contributed by atoms with Crippen LogP contribution in [0.15, 0.2) is 36.4 Å². The van der Waals surface area contributed by atoms with Crippen LogP contribution in [0.1, 0.15) is 53.7 Å². The van der Waals surface area contributed by atoms with Crippen LogP contribution in [-0.2, 0) is 12.8 Å². The summed E-state index contributed by atoms with van der Waals surface area (Å²) in [5.74, 6) is -0.296. The van der Waals surface area contributed by atoms with Crippen LogP contribution in [0.3, 0.4) is 0 Å².